The molecule has 3 heterocycles. The molecule has 134 valence electrons. The Kier molecular flexibility index (Phi) is 3.59. The van der Waals surface area contributed by atoms with Crippen LogP contribution in [0.5, 0.6) is 11.5 Å². The van der Waals surface area contributed by atoms with Crippen molar-refractivity contribution in [1.82, 2.24) is 15.2 Å². The van der Waals surface area contributed by atoms with Crippen LogP contribution < -0.4 is 14.8 Å². The first-order chi connectivity index (χ1) is 12.7. The second kappa shape index (κ2) is 5.98. The number of hydrogen-bond donors (Lipinski definition) is 1. The van der Waals surface area contributed by atoms with E-state index < -0.39 is 0 Å². The summed E-state index contributed by atoms with van der Waals surface area (Å²) in [5.74, 6) is 1.65. The Hall–Kier alpha value is -2.61. The molecule has 1 aromatic carbocycles. The lowest BCUT2D eigenvalue weighted by atomic mass is 10.1. The highest BCUT2D eigenvalue weighted by Gasteiger charge is 2.37. The number of likely N-dealkylation sites (tertiary alicyclic amines) is 1. The highest BCUT2D eigenvalue weighted by molar-refractivity contribution is 7.13. The van der Waals surface area contributed by atoms with Crippen LogP contribution in [0.2, 0.25) is 0 Å². The van der Waals surface area contributed by atoms with E-state index in [1.54, 1.807) is 10.3 Å². The van der Waals surface area contributed by atoms with E-state index in [9.17, 15) is 9.59 Å². The van der Waals surface area contributed by atoms with Crippen LogP contribution in [0.1, 0.15) is 23.3 Å². The molecule has 2 fully saturated rings. The zero-order chi connectivity index (χ0) is 17.7. The van der Waals surface area contributed by atoms with Crippen molar-refractivity contribution in [2.24, 2.45) is 5.92 Å². The van der Waals surface area contributed by atoms with Gasteiger partial charge in [-0.2, -0.15) is 0 Å². The van der Waals surface area contributed by atoms with Crippen molar-refractivity contribution in [1.29, 1.82) is 0 Å². The molecule has 0 spiro atoms. The third-order valence-electron chi connectivity index (χ3n) is 4.81. The number of ether oxygens (including phenoxy) is 2. The van der Waals surface area contributed by atoms with Gasteiger partial charge in [0.15, 0.2) is 11.5 Å². The first-order valence-electron chi connectivity index (χ1n) is 8.62. The summed E-state index contributed by atoms with van der Waals surface area (Å²) in [6.45, 7) is 1.33. The molecule has 2 aliphatic heterocycles. The Morgan fingerprint density at radius 3 is 2.81 bits per heavy atom. The normalized spacial score (nSPS) is 18.5. The van der Waals surface area contributed by atoms with Crippen LogP contribution in [0.25, 0.3) is 10.6 Å². The minimum Gasteiger partial charge on any atom is -0.454 e. The number of nitrogens with one attached hydrogen (secondary N) is 1. The molecule has 1 saturated carbocycles. The van der Waals surface area contributed by atoms with E-state index in [-0.39, 0.29) is 30.6 Å². The summed E-state index contributed by atoms with van der Waals surface area (Å²) in [5, 5.41) is 5.54. The third kappa shape index (κ3) is 2.80. The minimum atomic E-state index is -0.0924. The van der Waals surface area contributed by atoms with E-state index in [4.69, 9.17) is 9.47 Å². The Morgan fingerprint density at radius 1 is 1.19 bits per heavy atom. The van der Waals surface area contributed by atoms with Gasteiger partial charge in [-0.05, 0) is 31.0 Å². The SMILES string of the molecule is O=C(NC1CN(C(=O)c2csc(-c3ccc4c(c3)OCO4)n2)C1)C1CC1. The predicted octanol–water partition coefficient (Wildman–Crippen LogP) is 1.89. The van der Waals surface area contributed by atoms with Gasteiger partial charge in [0.2, 0.25) is 12.7 Å². The van der Waals surface area contributed by atoms with Gasteiger partial charge in [0.05, 0.1) is 6.04 Å². The summed E-state index contributed by atoms with van der Waals surface area (Å²) < 4.78 is 10.7. The number of amides is 2. The number of hydrogen-bond acceptors (Lipinski definition) is 6. The molecule has 3 aliphatic rings. The molecule has 1 aliphatic carbocycles. The number of thiazole rings is 1. The first-order valence-corrected chi connectivity index (χ1v) is 9.50. The minimum absolute atomic E-state index is 0.0685. The van der Waals surface area contributed by atoms with Crippen LogP contribution in [0, 0.1) is 5.92 Å². The maximum Gasteiger partial charge on any atom is 0.273 e. The lowest BCUT2D eigenvalue weighted by molar-refractivity contribution is -0.123. The molecule has 0 atom stereocenters. The van der Waals surface area contributed by atoms with Crippen LogP contribution in [-0.2, 0) is 4.79 Å². The largest absolute Gasteiger partial charge is 0.454 e. The number of aromatic nitrogens is 1. The maximum absolute atomic E-state index is 12.5. The number of nitrogens with zero attached hydrogens (tertiary/aromatic N) is 2. The summed E-state index contributed by atoms with van der Waals surface area (Å²) >= 11 is 1.43. The number of fused-ring (bicyclic) bond motifs is 1. The van der Waals surface area contributed by atoms with Crippen LogP contribution in [0.3, 0.4) is 0 Å². The first kappa shape index (κ1) is 15.6. The molecule has 2 aromatic rings. The number of carbonyl (C=O) groups is 2. The second-order valence-electron chi connectivity index (χ2n) is 6.80. The molecule has 26 heavy (non-hydrogen) atoms. The molecule has 0 unspecified atom stereocenters. The van der Waals surface area contributed by atoms with E-state index in [0.717, 1.165) is 29.2 Å². The van der Waals surface area contributed by atoms with Gasteiger partial charge in [0, 0.05) is 30.0 Å². The van der Waals surface area contributed by atoms with E-state index in [1.165, 1.54) is 11.3 Å². The monoisotopic (exact) mass is 371 g/mol. The third-order valence-corrected chi connectivity index (χ3v) is 5.70. The topological polar surface area (TPSA) is 80.8 Å². The molecule has 7 nitrogen and oxygen atoms in total. The van der Waals surface area contributed by atoms with Crippen LogP contribution in [-0.4, -0.2) is 47.6 Å². The van der Waals surface area contributed by atoms with Gasteiger partial charge in [-0.15, -0.1) is 11.3 Å². The van der Waals surface area contributed by atoms with Crippen molar-refractivity contribution < 1.29 is 19.1 Å². The van der Waals surface area contributed by atoms with Crippen LogP contribution in [0.4, 0.5) is 0 Å². The lowest BCUT2D eigenvalue weighted by Gasteiger charge is -2.39. The van der Waals surface area contributed by atoms with Crippen LogP contribution >= 0.6 is 11.3 Å². The Bertz CT molecular complexity index is 886. The molecular weight excluding hydrogens is 354 g/mol. The van der Waals surface area contributed by atoms with E-state index >= 15 is 0 Å². The smallest absolute Gasteiger partial charge is 0.273 e. The average Bonchev–Trinajstić information content (AvgIpc) is 3.17. The van der Waals surface area contributed by atoms with Crippen molar-refractivity contribution in [2.45, 2.75) is 18.9 Å². The molecule has 1 aromatic heterocycles. The molecular formula is C18H17N3O4S. The molecule has 2 amide bonds. The fourth-order valence-corrected chi connectivity index (χ4v) is 3.89. The van der Waals surface area contributed by atoms with Crippen molar-refractivity contribution in [3.8, 4) is 22.1 Å². The number of rotatable bonds is 4. The fourth-order valence-electron chi connectivity index (χ4n) is 3.10. The highest BCUT2D eigenvalue weighted by atomic mass is 32.1. The van der Waals surface area contributed by atoms with Gasteiger partial charge < -0.3 is 19.7 Å². The quantitative estimate of drug-likeness (QED) is 0.888. The van der Waals surface area contributed by atoms with Crippen molar-refractivity contribution in [2.75, 3.05) is 19.9 Å². The summed E-state index contributed by atoms with van der Waals surface area (Å²) in [5.41, 5.74) is 1.34. The summed E-state index contributed by atoms with van der Waals surface area (Å²) in [6, 6.07) is 5.71. The van der Waals surface area contributed by atoms with Crippen LogP contribution in [0.15, 0.2) is 23.6 Å². The zero-order valence-corrected chi connectivity index (χ0v) is 14.8. The standard InChI is InChI=1S/C18H17N3O4S/c22-16(10-1-2-10)19-12-6-21(7-12)18(23)13-8-26-17(20-13)11-3-4-14-15(5-11)25-9-24-14/h3-5,8,10,12H,1-2,6-7,9H2,(H,19,22). The zero-order valence-electron chi connectivity index (χ0n) is 13.9. The summed E-state index contributed by atoms with van der Waals surface area (Å²) in [4.78, 5) is 30.5. The molecule has 1 N–H and O–H groups in total. The number of carbonyl (C=O) groups excluding carboxylic acids is 2. The van der Waals surface area contributed by atoms with E-state index in [1.807, 2.05) is 18.2 Å². The van der Waals surface area contributed by atoms with Crippen molar-refractivity contribution in [3.63, 3.8) is 0 Å². The van der Waals surface area contributed by atoms with Gasteiger partial charge in [0.1, 0.15) is 10.7 Å². The van der Waals surface area contributed by atoms with Crippen molar-refractivity contribution in [3.05, 3.63) is 29.3 Å². The van der Waals surface area contributed by atoms with E-state index in [0.29, 0.717) is 24.5 Å². The molecule has 0 radical (unpaired) electrons. The highest BCUT2D eigenvalue weighted by Crippen LogP contribution is 2.37. The lowest BCUT2D eigenvalue weighted by Crippen LogP contribution is -2.61. The molecule has 0 bridgehead atoms. The van der Waals surface area contributed by atoms with Gasteiger partial charge in [-0.1, -0.05) is 0 Å². The summed E-state index contributed by atoms with van der Waals surface area (Å²) in [7, 11) is 0. The Morgan fingerprint density at radius 2 is 2.00 bits per heavy atom. The van der Waals surface area contributed by atoms with Gasteiger partial charge >= 0.3 is 0 Å². The average molecular weight is 371 g/mol. The van der Waals surface area contributed by atoms with Gasteiger partial charge in [-0.25, -0.2) is 4.98 Å². The molecule has 8 heteroatoms. The maximum atomic E-state index is 12.5. The fraction of sp³-hybridized carbons (Fsp3) is 0.389. The van der Waals surface area contributed by atoms with Crippen molar-refractivity contribution >= 4 is 23.2 Å². The Labute approximate surface area is 153 Å². The summed E-state index contributed by atoms with van der Waals surface area (Å²) in [6.07, 6.45) is 1.98. The van der Waals surface area contributed by atoms with E-state index in [2.05, 4.69) is 10.3 Å². The Balaban J connectivity index is 1.23. The molecule has 5 rings (SSSR count). The molecule has 1 saturated heterocycles. The van der Waals surface area contributed by atoms with Gasteiger partial charge in [-0.3, -0.25) is 9.59 Å². The number of benzene rings is 1. The predicted molar refractivity (Wildman–Crippen MR) is 94.2 cm³/mol. The van der Waals surface area contributed by atoms with Gasteiger partial charge in [0.25, 0.3) is 5.91 Å². The second-order valence-corrected chi connectivity index (χ2v) is 7.65.